The largest absolute Gasteiger partial charge is 0.483 e. The van der Waals surface area contributed by atoms with Gasteiger partial charge in [-0.15, -0.1) is 10.2 Å². The zero-order valence-electron chi connectivity index (χ0n) is 12.6. The van der Waals surface area contributed by atoms with Crippen molar-refractivity contribution in [3.05, 3.63) is 34.8 Å². The number of amides is 1. The van der Waals surface area contributed by atoms with E-state index in [1.54, 1.807) is 0 Å². The average Bonchev–Trinajstić information content (AvgIpc) is 2.81. The molecule has 1 heterocycles. The summed E-state index contributed by atoms with van der Waals surface area (Å²) < 4.78 is 5.65. The Bertz CT molecular complexity index is 632. The maximum atomic E-state index is 11.9. The SMILES string of the molecule is Cc1nnc(NC(=O)COc2ccccc2C(C)(C)C)s1. The lowest BCUT2D eigenvalue weighted by atomic mass is 9.86. The Balaban J connectivity index is 1.98. The average molecular weight is 305 g/mol. The topological polar surface area (TPSA) is 64.1 Å². The number of aromatic nitrogens is 2. The van der Waals surface area contributed by atoms with Gasteiger partial charge in [0.1, 0.15) is 10.8 Å². The van der Waals surface area contributed by atoms with Crippen LogP contribution in [0.3, 0.4) is 0 Å². The van der Waals surface area contributed by atoms with E-state index in [4.69, 9.17) is 4.74 Å². The van der Waals surface area contributed by atoms with E-state index >= 15 is 0 Å². The highest BCUT2D eigenvalue weighted by Gasteiger charge is 2.19. The lowest BCUT2D eigenvalue weighted by molar-refractivity contribution is -0.118. The molecule has 1 N–H and O–H groups in total. The summed E-state index contributed by atoms with van der Waals surface area (Å²) in [5.41, 5.74) is 1.04. The van der Waals surface area contributed by atoms with Gasteiger partial charge in [0.2, 0.25) is 5.13 Å². The van der Waals surface area contributed by atoms with E-state index in [0.717, 1.165) is 16.3 Å². The second-order valence-electron chi connectivity index (χ2n) is 5.71. The van der Waals surface area contributed by atoms with Crippen molar-refractivity contribution >= 4 is 22.4 Å². The highest BCUT2D eigenvalue weighted by atomic mass is 32.1. The van der Waals surface area contributed by atoms with Crippen molar-refractivity contribution in [2.75, 3.05) is 11.9 Å². The molecule has 2 aromatic rings. The van der Waals surface area contributed by atoms with E-state index in [0.29, 0.717) is 5.13 Å². The predicted octanol–water partition coefficient (Wildman–Crippen LogP) is 3.16. The van der Waals surface area contributed by atoms with Gasteiger partial charge in [-0.1, -0.05) is 50.3 Å². The number of carbonyl (C=O) groups is 1. The van der Waals surface area contributed by atoms with Gasteiger partial charge in [0, 0.05) is 0 Å². The molecule has 5 nitrogen and oxygen atoms in total. The van der Waals surface area contributed by atoms with Gasteiger partial charge in [-0.05, 0) is 24.0 Å². The van der Waals surface area contributed by atoms with Crippen molar-refractivity contribution in [3.63, 3.8) is 0 Å². The molecule has 0 fully saturated rings. The Morgan fingerprint density at radius 2 is 2.00 bits per heavy atom. The molecule has 0 spiro atoms. The quantitative estimate of drug-likeness (QED) is 0.942. The first-order valence-electron chi connectivity index (χ1n) is 6.68. The first-order valence-corrected chi connectivity index (χ1v) is 7.50. The van der Waals surface area contributed by atoms with Crippen LogP contribution in [-0.4, -0.2) is 22.7 Å². The van der Waals surface area contributed by atoms with Gasteiger partial charge in [0.25, 0.3) is 5.91 Å². The Kier molecular flexibility index (Phi) is 4.57. The number of nitrogens with one attached hydrogen (secondary N) is 1. The molecule has 1 aromatic heterocycles. The number of anilines is 1. The maximum absolute atomic E-state index is 11.9. The summed E-state index contributed by atoms with van der Waals surface area (Å²) in [6.07, 6.45) is 0. The van der Waals surface area contributed by atoms with Crippen molar-refractivity contribution < 1.29 is 9.53 Å². The third-order valence-electron chi connectivity index (χ3n) is 2.83. The van der Waals surface area contributed by atoms with Gasteiger partial charge >= 0.3 is 0 Å². The molecule has 2 rings (SSSR count). The Hall–Kier alpha value is -1.95. The second kappa shape index (κ2) is 6.22. The van der Waals surface area contributed by atoms with Crippen molar-refractivity contribution in [1.29, 1.82) is 0 Å². The molecule has 0 aliphatic carbocycles. The van der Waals surface area contributed by atoms with Crippen LogP contribution in [0.25, 0.3) is 0 Å². The fourth-order valence-corrected chi connectivity index (χ4v) is 2.47. The number of benzene rings is 1. The molecule has 0 aliphatic heterocycles. The summed E-state index contributed by atoms with van der Waals surface area (Å²) in [4.78, 5) is 11.9. The smallest absolute Gasteiger partial charge is 0.264 e. The number of hydrogen-bond acceptors (Lipinski definition) is 5. The zero-order valence-corrected chi connectivity index (χ0v) is 13.5. The number of para-hydroxylation sites is 1. The molecule has 21 heavy (non-hydrogen) atoms. The molecule has 0 radical (unpaired) electrons. The monoisotopic (exact) mass is 305 g/mol. The molecular weight excluding hydrogens is 286 g/mol. The highest BCUT2D eigenvalue weighted by Crippen LogP contribution is 2.30. The maximum Gasteiger partial charge on any atom is 0.264 e. The summed E-state index contributed by atoms with van der Waals surface area (Å²) in [5, 5.41) is 11.7. The van der Waals surface area contributed by atoms with Gasteiger partial charge in [0.15, 0.2) is 6.61 Å². The number of carbonyl (C=O) groups excluding carboxylic acids is 1. The molecule has 0 unspecified atom stereocenters. The van der Waals surface area contributed by atoms with Crippen molar-refractivity contribution in [1.82, 2.24) is 10.2 Å². The normalized spacial score (nSPS) is 11.2. The zero-order chi connectivity index (χ0) is 15.5. The van der Waals surface area contributed by atoms with Crippen LogP contribution in [0.4, 0.5) is 5.13 Å². The van der Waals surface area contributed by atoms with E-state index in [1.807, 2.05) is 31.2 Å². The Labute approximate surface area is 128 Å². The third-order valence-corrected chi connectivity index (χ3v) is 3.58. The summed E-state index contributed by atoms with van der Waals surface area (Å²) in [7, 11) is 0. The molecule has 1 aromatic carbocycles. The number of aryl methyl sites for hydroxylation is 1. The number of nitrogens with zero attached hydrogens (tertiary/aromatic N) is 2. The second-order valence-corrected chi connectivity index (χ2v) is 6.89. The van der Waals surface area contributed by atoms with Crippen LogP contribution >= 0.6 is 11.3 Å². The van der Waals surface area contributed by atoms with Crippen LogP contribution < -0.4 is 10.1 Å². The fraction of sp³-hybridized carbons (Fsp3) is 0.400. The molecule has 6 heteroatoms. The van der Waals surface area contributed by atoms with Crippen LogP contribution in [0.2, 0.25) is 0 Å². The fourth-order valence-electron chi connectivity index (χ4n) is 1.86. The Morgan fingerprint density at radius 1 is 1.29 bits per heavy atom. The first kappa shape index (κ1) is 15.4. The van der Waals surface area contributed by atoms with Crippen molar-refractivity contribution in [3.8, 4) is 5.75 Å². The van der Waals surface area contributed by atoms with Crippen LogP contribution in [0.15, 0.2) is 24.3 Å². The molecule has 1 amide bonds. The van der Waals surface area contributed by atoms with Gasteiger partial charge in [-0.2, -0.15) is 0 Å². The standard InChI is InChI=1S/C15H19N3O2S/c1-10-17-18-14(21-10)16-13(19)9-20-12-8-6-5-7-11(12)15(2,3)4/h5-8H,9H2,1-4H3,(H,16,18,19). The van der Waals surface area contributed by atoms with Crippen LogP contribution in [0.1, 0.15) is 31.3 Å². The molecule has 0 saturated carbocycles. The number of rotatable bonds is 4. The van der Waals surface area contributed by atoms with E-state index in [2.05, 4.69) is 36.3 Å². The van der Waals surface area contributed by atoms with E-state index in [1.165, 1.54) is 11.3 Å². The van der Waals surface area contributed by atoms with Gasteiger partial charge < -0.3 is 4.74 Å². The summed E-state index contributed by atoms with van der Waals surface area (Å²) in [5.74, 6) is 0.489. The molecular formula is C15H19N3O2S. The third kappa shape index (κ3) is 4.26. The molecule has 0 atom stereocenters. The van der Waals surface area contributed by atoms with Gasteiger partial charge in [-0.3, -0.25) is 10.1 Å². The van der Waals surface area contributed by atoms with Crippen molar-refractivity contribution in [2.24, 2.45) is 0 Å². The van der Waals surface area contributed by atoms with E-state index in [-0.39, 0.29) is 17.9 Å². The van der Waals surface area contributed by atoms with Crippen molar-refractivity contribution in [2.45, 2.75) is 33.1 Å². The van der Waals surface area contributed by atoms with E-state index < -0.39 is 0 Å². The van der Waals surface area contributed by atoms with Crippen LogP contribution in [0, 0.1) is 6.92 Å². The first-order chi connectivity index (χ1) is 9.86. The summed E-state index contributed by atoms with van der Waals surface area (Å²) in [6, 6.07) is 7.76. The molecule has 112 valence electrons. The molecule has 0 aliphatic rings. The highest BCUT2D eigenvalue weighted by molar-refractivity contribution is 7.15. The predicted molar refractivity (Wildman–Crippen MR) is 83.9 cm³/mol. The Morgan fingerprint density at radius 3 is 2.62 bits per heavy atom. The minimum absolute atomic E-state index is 0.0383. The molecule has 0 saturated heterocycles. The lowest BCUT2D eigenvalue weighted by Gasteiger charge is -2.22. The number of ether oxygens (including phenoxy) is 1. The summed E-state index contributed by atoms with van der Waals surface area (Å²) in [6.45, 7) is 8.12. The minimum atomic E-state index is -0.241. The molecule has 0 bridgehead atoms. The minimum Gasteiger partial charge on any atom is -0.483 e. The van der Waals surface area contributed by atoms with Crippen LogP contribution in [-0.2, 0) is 10.2 Å². The summed E-state index contributed by atoms with van der Waals surface area (Å²) >= 11 is 1.34. The van der Waals surface area contributed by atoms with Gasteiger partial charge in [0.05, 0.1) is 0 Å². The van der Waals surface area contributed by atoms with Gasteiger partial charge in [-0.25, -0.2) is 0 Å². The van der Waals surface area contributed by atoms with Crippen LogP contribution in [0.5, 0.6) is 5.75 Å². The lowest BCUT2D eigenvalue weighted by Crippen LogP contribution is -2.21. The number of hydrogen-bond donors (Lipinski definition) is 1. The van der Waals surface area contributed by atoms with E-state index in [9.17, 15) is 4.79 Å².